The first kappa shape index (κ1) is 21.5. The number of nitrogens with zero attached hydrogens (tertiary/aromatic N) is 2. The molecule has 1 N–H and O–H groups in total. The van der Waals surface area contributed by atoms with Gasteiger partial charge in [-0.15, -0.1) is 11.3 Å². The Balaban J connectivity index is 1.78. The van der Waals surface area contributed by atoms with E-state index in [-0.39, 0.29) is 10.9 Å². The van der Waals surface area contributed by atoms with Crippen molar-refractivity contribution in [2.24, 2.45) is 5.10 Å². The molecule has 0 bridgehead atoms. The maximum atomic E-state index is 13.7. The minimum atomic E-state index is -3.51. The average Bonchev–Trinajstić information content (AvgIpc) is 3.39. The van der Waals surface area contributed by atoms with Crippen LogP contribution in [0.4, 0.5) is 10.1 Å². The minimum Gasteiger partial charge on any atom is -0.283 e. The van der Waals surface area contributed by atoms with Crippen LogP contribution in [-0.4, -0.2) is 31.3 Å². The molecule has 0 aliphatic carbocycles. The molecule has 1 unspecified atom stereocenters. The van der Waals surface area contributed by atoms with Gasteiger partial charge in [0.05, 0.1) is 33.6 Å². The Kier molecular flexibility index (Phi) is 5.83. The molecule has 1 aliphatic heterocycles. The molecular weight excluding hydrogens is 461 g/mol. The molecule has 160 valence electrons. The van der Waals surface area contributed by atoms with Crippen LogP contribution < -0.4 is 4.72 Å². The zero-order valence-electron chi connectivity index (χ0n) is 16.2. The molecular formula is C21H17ClFN3O3S2. The van der Waals surface area contributed by atoms with Crippen molar-refractivity contribution in [1.29, 1.82) is 0 Å². The highest BCUT2D eigenvalue weighted by atomic mass is 35.5. The summed E-state index contributed by atoms with van der Waals surface area (Å²) in [5.41, 5.74) is 2.09. The Hall–Kier alpha value is -2.75. The summed E-state index contributed by atoms with van der Waals surface area (Å²) in [4.78, 5) is 13.7. The SMILES string of the molecule is CS(=O)(=O)Nc1ccccc1C1=NN(C(=O)c2cccs2)C(c2ccc(F)c(Cl)c2)C1. The van der Waals surface area contributed by atoms with Crippen molar-refractivity contribution in [3.8, 4) is 0 Å². The molecule has 10 heteroatoms. The molecule has 4 rings (SSSR count). The van der Waals surface area contributed by atoms with Gasteiger partial charge in [0.25, 0.3) is 5.91 Å². The van der Waals surface area contributed by atoms with Crippen LogP contribution in [0.5, 0.6) is 0 Å². The Labute approximate surface area is 188 Å². The van der Waals surface area contributed by atoms with Crippen molar-refractivity contribution < 1.29 is 17.6 Å². The standard InChI is InChI=1S/C21H17ClFN3O3S2/c1-31(28,29)25-17-6-3-2-5-14(17)18-12-19(13-8-9-16(23)15(22)11-13)26(24-18)21(27)20-7-4-10-30-20/h2-11,19,25H,12H2,1H3. The van der Waals surface area contributed by atoms with Gasteiger partial charge in [-0.1, -0.05) is 41.9 Å². The van der Waals surface area contributed by atoms with E-state index in [1.165, 1.54) is 28.5 Å². The lowest BCUT2D eigenvalue weighted by Gasteiger charge is -2.21. The van der Waals surface area contributed by atoms with E-state index in [4.69, 9.17) is 11.6 Å². The molecule has 1 atom stereocenters. The Morgan fingerprint density at radius 2 is 2.00 bits per heavy atom. The van der Waals surface area contributed by atoms with Crippen LogP contribution in [0.2, 0.25) is 5.02 Å². The molecule has 2 aromatic carbocycles. The maximum Gasteiger partial charge on any atom is 0.284 e. The third kappa shape index (κ3) is 4.63. The van der Waals surface area contributed by atoms with Gasteiger partial charge >= 0.3 is 0 Å². The fourth-order valence-electron chi connectivity index (χ4n) is 3.38. The Bertz CT molecular complexity index is 1280. The Morgan fingerprint density at radius 3 is 2.68 bits per heavy atom. The van der Waals surface area contributed by atoms with Gasteiger partial charge < -0.3 is 0 Å². The quantitative estimate of drug-likeness (QED) is 0.567. The molecule has 0 fully saturated rings. The van der Waals surface area contributed by atoms with Gasteiger partial charge in [0.2, 0.25) is 10.0 Å². The van der Waals surface area contributed by atoms with Gasteiger partial charge in [-0.25, -0.2) is 17.8 Å². The van der Waals surface area contributed by atoms with E-state index in [0.29, 0.717) is 33.8 Å². The summed E-state index contributed by atoms with van der Waals surface area (Å²) in [6.45, 7) is 0. The average molecular weight is 478 g/mol. The molecule has 31 heavy (non-hydrogen) atoms. The topological polar surface area (TPSA) is 78.8 Å². The molecule has 0 saturated carbocycles. The zero-order valence-corrected chi connectivity index (χ0v) is 18.6. The third-order valence-electron chi connectivity index (χ3n) is 4.71. The number of carbonyl (C=O) groups is 1. The molecule has 1 aromatic heterocycles. The van der Waals surface area contributed by atoms with Gasteiger partial charge in [-0.05, 0) is 35.2 Å². The van der Waals surface area contributed by atoms with Crippen molar-refractivity contribution in [1.82, 2.24) is 5.01 Å². The molecule has 1 aliphatic rings. The van der Waals surface area contributed by atoms with Crippen LogP contribution in [0.15, 0.2) is 65.1 Å². The lowest BCUT2D eigenvalue weighted by atomic mass is 9.97. The van der Waals surface area contributed by atoms with Crippen LogP contribution in [-0.2, 0) is 10.0 Å². The predicted molar refractivity (Wildman–Crippen MR) is 121 cm³/mol. The van der Waals surface area contributed by atoms with E-state index in [1.807, 2.05) is 0 Å². The van der Waals surface area contributed by atoms with Crippen LogP contribution in [0, 0.1) is 5.82 Å². The number of anilines is 1. The summed E-state index contributed by atoms with van der Waals surface area (Å²) in [6.07, 6.45) is 1.37. The van der Waals surface area contributed by atoms with Crippen molar-refractivity contribution in [3.05, 3.63) is 86.8 Å². The fraction of sp³-hybridized carbons (Fsp3) is 0.143. The van der Waals surface area contributed by atoms with E-state index in [1.54, 1.807) is 47.8 Å². The predicted octanol–water partition coefficient (Wildman–Crippen LogP) is 4.90. The number of thiophene rings is 1. The maximum absolute atomic E-state index is 13.7. The number of amides is 1. The zero-order chi connectivity index (χ0) is 22.2. The first-order valence-corrected chi connectivity index (χ1v) is 12.3. The molecule has 6 nitrogen and oxygen atoms in total. The van der Waals surface area contributed by atoms with Gasteiger partial charge in [-0.2, -0.15) is 5.10 Å². The number of halogens is 2. The van der Waals surface area contributed by atoms with Crippen LogP contribution in [0.25, 0.3) is 0 Å². The van der Waals surface area contributed by atoms with Gasteiger partial charge in [-0.3, -0.25) is 9.52 Å². The van der Waals surface area contributed by atoms with E-state index >= 15 is 0 Å². The second-order valence-electron chi connectivity index (χ2n) is 6.99. The van der Waals surface area contributed by atoms with Crippen LogP contribution >= 0.6 is 22.9 Å². The van der Waals surface area contributed by atoms with E-state index < -0.39 is 21.9 Å². The lowest BCUT2D eigenvalue weighted by molar-refractivity contribution is 0.0716. The van der Waals surface area contributed by atoms with Crippen molar-refractivity contribution in [2.45, 2.75) is 12.5 Å². The smallest absolute Gasteiger partial charge is 0.283 e. The van der Waals surface area contributed by atoms with Gasteiger partial charge in [0, 0.05) is 12.0 Å². The summed E-state index contributed by atoms with van der Waals surface area (Å²) in [6, 6.07) is 14.1. The highest BCUT2D eigenvalue weighted by molar-refractivity contribution is 7.92. The van der Waals surface area contributed by atoms with Crippen molar-refractivity contribution in [2.75, 3.05) is 11.0 Å². The Morgan fingerprint density at radius 1 is 1.23 bits per heavy atom. The highest BCUT2D eigenvalue weighted by Crippen LogP contribution is 2.37. The van der Waals surface area contributed by atoms with E-state index in [9.17, 15) is 17.6 Å². The van der Waals surface area contributed by atoms with Crippen LogP contribution in [0.3, 0.4) is 0 Å². The molecule has 0 saturated heterocycles. The number of benzene rings is 2. The summed E-state index contributed by atoms with van der Waals surface area (Å²) in [5, 5.41) is 7.65. The number of rotatable bonds is 5. The van der Waals surface area contributed by atoms with E-state index in [2.05, 4.69) is 9.82 Å². The fourth-order valence-corrected chi connectivity index (χ4v) is 4.80. The normalized spacial score (nSPS) is 16.3. The number of sulfonamides is 1. The summed E-state index contributed by atoms with van der Waals surface area (Å²) < 4.78 is 39.8. The summed E-state index contributed by atoms with van der Waals surface area (Å²) in [7, 11) is -3.51. The van der Waals surface area contributed by atoms with Gasteiger partial charge in [0.1, 0.15) is 5.82 Å². The third-order valence-corrected chi connectivity index (χ3v) is 6.45. The summed E-state index contributed by atoms with van der Waals surface area (Å²) in [5.74, 6) is -0.854. The lowest BCUT2D eigenvalue weighted by Crippen LogP contribution is -2.26. The largest absolute Gasteiger partial charge is 0.284 e. The molecule has 3 aromatic rings. The first-order chi connectivity index (χ1) is 14.7. The van der Waals surface area contributed by atoms with Crippen LogP contribution in [0.1, 0.15) is 33.3 Å². The number of nitrogens with one attached hydrogen (secondary N) is 1. The molecule has 0 radical (unpaired) electrons. The van der Waals surface area contributed by atoms with Crippen molar-refractivity contribution >= 4 is 50.3 Å². The number of para-hydroxylation sites is 1. The minimum absolute atomic E-state index is 0.0476. The molecule has 1 amide bonds. The number of carbonyl (C=O) groups excluding carboxylic acids is 1. The van der Waals surface area contributed by atoms with Crippen molar-refractivity contribution in [3.63, 3.8) is 0 Å². The summed E-state index contributed by atoms with van der Waals surface area (Å²) >= 11 is 7.27. The second kappa shape index (κ2) is 8.41. The molecule has 0 spiro atoms. The van der Waals surface area contributed by atoms with Gasteiger partial charge in [0.15, 0.2) is 0 Å². The highest BCUT2D eigenvalue weighted by Gasteiger charge is 2.35. The number of hydrogen-bond acceptors (Lipinski definition) is 5. The number of hydrogen-bond donors (Lipinski definition) is 1. The monoisotopic (exact) mass is 477 g/mol. The first-order valence-electron chi connectivity index (χ1n) is 9.19. The second-order valence-corrected chi connectivity index (χ2v) is 10.1. The number of hydrazone groups is 1. The van der Waals surface area contributed by atoms with E-state index in [0.717, 1.165) is 6.26 Å². The molecule has 2 heterocycles.